The van der Waals surface area contributed by atoms with Crippen molar-refractivity contribution in [3.63, 3.8) is 0 Å². The molecule has 32 heavy (non-hydrogen) atoms. The Hall–Kier alpha value is -3.28. The van der Waals surface area contributed by atoms with Crippen molar-refractivity contribution in [2.24, 2.45) is 7.05 Å². The summed E-state index contributed by atoms with van der Waals surface area (Å²) in [7, 11) is -1.96. The normalized spacial score (nSPS) is 16.2. The van der Waals surface area contributed by atoms with Crippen LogP contribution in [-0.2, 0) is 22.7 Å². The molecule has 0 unspecified atom stereocenters. The summed E-state index contributed by atoms with van der Waals surface area (Å²) in [5.41, 5.74) is 6.18. The first-order valence-corrected chi connectivity index (χ1v) is 11.8. The lowest BCUT2D eigenvalue weighted by molar-refractivity contribution is 0.109. The van der Waals surface area contributed by atoms with Crippen molar-refractivity contribution in [2.45, 2.75) is 18.5 Å². The molecule has 12 heteroatoms. The number of hydrogen-bond acceptors (Lipinski definition) is 7. The number of hydrogen-bond donors (Lipinski definition) is 2. The highest BCUT2D eigenvalue weighted by atomic mass is 32.2. The van der Waals surface area contributed by atoms with Crippen molar-refractivity contribution in [1.82, 2.24) is 19.7 Å². The van der Waals surface area contributed by atoms with Gasteiger partial charge in [0.25, 0.3) is 0 Å². The van der Waals surface area contributed by atoms with E-state index in [0.717, 1.165) is 6.26 Å². The van der Waals surface area contributed by atoms with E-state index < -0.39 is 21.6 Å². The van der Waals surface area contributed by atoms with Crippen LogP contribution in [0.3, 0.4) is 0 Å². The minimum Gasteiger partial charge on any atom is -0.369 e. The van der Waals surface area contributed by atoms with E-state index in [9.17, 15) is 12.8 Å². The highest BCUT2D eigenvalue weighted by Gasteiger charge is 2.41. The Labute approximate surface area is 184 Å². The summed E-state index contributed by atoms with van der Waals surface area (Å²) in [5.74, 6) is -0.322. The molecule has 1 fully saturated rings. The van der Waals surface area contributed by atoms with Crippen molar-refractivity contribution in [3.05, 3.63) is 48.3 Å². The molecular weight excluding hydrogens is 440 g/mol. The molecule has 4 rings (SSSR count). The molecule has 0 radical (unpaired) electrons. The number of anilines is 3. The van der Waals surface area contributed by atoms with E-state index in [-0.39, 0.29) is 37.7 Å². The van der Waals surface area contributed by atoms with Crippen LogP contribution in [0.15, 0.2) is 36.5 Å². The molecule has 9 nitrogen and oxygen atoms in total. The smallest absolute Gasteiger partial charge is 0.229 e. The molecule has 0 bridgehead atoms. The number of nitrogens with one attached hydrogen (secondary N) is 1. The van der Waals surface area contributed by atoms with Gasteiger partial charge in [0.15, 0.2) is 11.5 Å². The monoisotopic (exact) mass is 463 g/mol. The predicted molar refractivity (Wildman–Crippen MR) is 118 cm³/mol. The average molecular weight is 464 g/mol. The third-order valence-corrected chi connectivity index (χ3v) is 6.14. The van der Waals surface area contributed by atoms with Gasteiger partial charge in [-0.15, -0.1) is 10.2 Å². The van der Waals surface area contributed by atoms with Gasteiger partial charge in [-0.3, -0.25) is 9.29 Å². The Balaban J connectivity index is 1.72. The average Bonchev–Trinajstić information content (AvgIpc) is 3.07. The summed E-state index contributed by atoms with van der Waals surface area (Å²) in [5, 5.41) is 7.66. The number of aromatic nitrogens is 4. The van der Waals surface area contributed by atoms with Crippen molar-refractivity contribution in [1.29, 1.82) is 0 Å². The number of rotatable bonds is 5. The first-order valence-electron chi connectivity index (χ1n) is 9.89. The third-order valence-electron chi connectivity index (χ3n) is 5.55. The molecule has 1 aliphatic heterocycles. The van der Waals surface area contributed by atoms with Gasteiger partial charge in [-0.05, 0) is 18.2 Å². The number of nitrogens with zero attached hydrogens (tertiary/aromatic N) is 5. The quantitative estimate of drug-likeness (QED) is 0.558. The Morgan fingerprint density at radius 1 is 1.16 bits per heavy atom. The van der Waals surface area contributed by atoms with E-state index in [0.29, 0.717) is 22.5 Å². The van der Waals surface area contributed by atoms with Crippen LogP contribution in [0.4, 0.5) is 26.1 Å². The van der Waals surface area contributed by atoms with Gasteiger partial charge < -0.3 is 10.6 Å². The molecule has 3 heterocycles. The highest BCUT2D eigenvalue weighted by molar-refractivity contribution is 7.92. The summed E-state index contributed by atoms with van der Waals surface area (Å²) in [6.45, 7) is 0.570. The number of halogens is 2. The molecule has 0 atom stereocenters. The number of nitrogen functional groups attached to an aromatic ring is 1. The summed E-state index contributed by atoms with van der Waals surface area (Å²) in [6.07, 6.45) is 2.65. The molecule has 0 aliphatic carbocycles. The summed E-state index contributed by atoms with van der Waals surface area (Å²) >= 11 is 0. The molecule has 0 amide bonds. The Morgan fingerprint density at radius 3 is 2.44 bits per heavy atom. The molecule has 2 aromatic heterocycles. The molecule has 3 aromatic rings. The molecule has 1 aromatic carbocycles. The van der Waals surface area contributed by atoms with Gasteiger partial charge in [0.05, 0.1) is 17.6 Å². The Kier molecular flexibility index (Phi) is 5.49. The third kappa shape index (κ3) is 4.22. The molecule has 3 N–H and O–H groups in total. The maximum Gasteiger partial charge on any atom is 0.229 e. The van der Waals surface area contributed by atoms with Crippen LogP contribution in [0.2, 0.25) is 0 Å². The van der Waals surface area contributed by atoms with E-state index in [1.165, 1.54) is 16.8 Å². The molecule has 1 aliphatic rings. The zero-order chi connectivity index (χ0) is 23.1. The number of sulfonamides is 1. The van der Waals surface area contributed by atoms with E-state index >= 15 is 4.39 Å². The van der Waals surface area contributed by atoms with Crippen molar-refractivity contribution >= 4 is 27.3 Å². The van der Waals surface area contributed by atoms with Crippen molar-refractivity contribution in [3.8, 4) is 11.1 Å². The SMILES string of the molecule is Cn1c(N)nnc1C1(F)CCN(c2c(NS(C)(=O)=O)cccc2-c2ccc(F)nc2)CC1. The number of benzene rings is 1. The largest absolute Gasteiger partial charge is 0.369 e. The van der Waals surface area contributed by atoms with Crippen LogP contribution >= 0.6 is 0 Å². The topological polar surface area (TPSA) is 119 Å². The number of pyridine rings is 1. The van der Waals surface area contributed by atoms with E-state index in [4.69, 9.17) is 5.73 Å². The number of alkyl halides is 1. The first kappa shape index (κ1) is 21.9. The van der Waals surface area contributed by atoms with Gasteiger partial charge in [0.1, 0.15) is 0 Å². The Bertz CT molecular complexity index is 1240. The maximum atomic E-state index is 15.7. The van der Waals surface area contributed by atoms with Gasteiger partial charge in [-0.2, -0.15) is 4.39 Å². The zero-order valence-electron chi connectivity index (χ0n) is 17.6. The number of para-hydroxylation sites is 1. The minimum absolute atomic E-state index is 0.104. The predicted octanol–water partition coefficient (Wildman–Crippen LogP) is 2.44. The van der Waals surface area contributed by atoms with Crippen LogP contribution in [0.1, 0.15) is 18.7 Å². The fraction of sp³-hybridized carbons (Fsp3) is 0.350. The zero-order valence-corrected chi connectivity index (χ0v) is 18.4. The molecule has 0 spiro atoms. The lowest BCUT2D eigenvalue weighted by Crippen LogP contribution is -2.42. The van der Waals surface area contributed by atoms with Gasteiger partial charge in [0.2, 0.25) is 21.9 Å². The second-order valence-electron chi connectivity index (χ2n) is 7.84. The van der Waals surface area contributed by atoms with E-state index in [1.807, 2.05) is 4.90 Å². The number of nitrogens with two attached hydrogens (primary N) is 1. The van der Waals surface area contributed by atoms with Crippen LogP contribution in [0.5, 0.6) is 0 Å². The molecular formula is C20H23F2N7O2S. The van der Waals surface area contributed by atoms with Gasteiger partial charge in [-0.25, -0.2) is 17.8 Å². The van der Waals surface area contributed by atoms with Crippen LogP contribution in [0.25, 0.3) is 11.1 Å². The lowest BCUT2D eigenvalue weighted by Gasteiger charge is -2.38. The van der Waals surface area contributed by atoms with E-state index in [1.54, 1.807) is 31.3 Å². The molecule has 170 valence electrons. The highest BCUT2D eigenvalue weighted by Crippen LogP contribution is 2.43. The minimum atomic E-state index is -3.57. The molecule has 1 saturated heterocycles. The second kappa shape index (κ2) is 8.01. The lowest BCUT2D eigenvalue weighted by atomic mass is 9.91. The maximum absolute atomic E-state index is 15.7. The first-order chi connectivity index (χ1) is 15.1. The van der Waals surface area contributed by atoms with Crippen molar-refractivity contribution in [2.75, 3.05) is 34.7 Å². The van der Waals surface area contributed by atoms with Gasteiger partial charge >= 0.3 is 0 Å². The fourth-order valence-electron chi connectivity index (χ4n) is 3.97. The van der Waals surface area contributed by atoms with Gasteiger partial charge in [-0.1, -0.05) is 12.1 Å². The van der Waals surface area contributed by atoms with E-state index in [2.05, 4.69) is 19.9 Å². The second-order valence-corrected chi connectivity index (χ2v) is 9.59. The van der Waals surface area contributed by atoms with Crippen LogP contribution < -0.4 is 15.4 Å². The van der Waals surface area contributed by atoms with Crippen LogP contribution in [-0.4, -0.2) is 47.5 Å². The standard InChI is InChI=1S/C20H23F2N7O2S/c1-28-18(25-26-19(28)23)20(22)8-10-29(11-9-20)17-14(13-6-7-16(21)24-12-13)4-3-5-15(17)27-32(2,30)31/h3-7,12,27H,8-11H2,1-2H3,(H2,23,26). The fourth-order valence-corrected chi connectivity index (χ4v) is 4.54. The van der Waals surface area contributed by atoms with Gasteiger partial charge in [0, 0.05) is 50.3 Å². The summed E-state index contributed by atoms with van der Waals surface area (Å²) < 4.78 is 57.0. The summed E-state index contributed by atoms with van der Waals surface area (Å²) in [4.78, 5) is 5.61. The number of piperidine rings is 1. The Morgan fingerprint density at radius 2 is 1.88 bits per heavy atom. The van der Waals surface area contributed by atoms with Crippen molar-refractivity contribution < 1.29 is 17.2 Å². The summed E-state index contributed by atoms with van der Waals surface area (Å²) in [6, 6.07) is 7.92. The van der Waals surface area contributed by atoms with Crippen LogP contribution in [0, 0.1) is 5.95 Å². The molecule has 0 saturated carbocycles.